The molecular formula is C10H19NO4S. The molecule has 5 nitrogen and oxygen atoms in total. The fourth-order valence-corrected chi connectivity index (χ4v) is 3.83. The van der Waals surface area contributed by atoms with Crippen molar-refractivity contribution in [1.82, 2.24) is 4.90 Å². The maximum atomic E-state index is 11.4. The van der Waals surface area contributed by atoms with Crippen LogP contribution in [0.5, 0.6) is 0 Å². The van der Waals surface area contributed by atoms with Crippen molar-refractivity contribution in [1.29, 1.82) is 0 Å². The van der Waals surface area contributed by atoms with Crippen LogP contribution in [0.15, 0.2) is 0 Å². The summed E-state index contributed by atoms with van der Waals surface area (Å²) >= 11 is 0. The van der Waals surface area contributed by atoms with Crippen LogP contribution in [0.4, 0.5) is 0 Å². The van der Waals surface area contributed by atoms with Crippen LogP contribution in [0, 0.1) is 0 Å². The van der Waals surface area contributed by atoms with E-state index >= 15 is 0 Å². The number of rotatable bonds is 4. The Morgan fingerprint density at radius 2 is 2.19 bits per heavy atom. The van der Waals surface area contributed by atoms with Gasteiger partial charge in [-0.15, -0.1) is 0 Å². The molecule has 2 unspecified atom stereocenters. The molecular weight excluding hydrogens is 230 g/mol. The molecule has 0 bridgehead atoms. The third-order valence-corrected chi connectivity index (χ3v) is 4.87. The zero-order valence-electron chi connectivity index (χ0n) is 9.72. The van der Waals surface area contributed by atoms with Crippen molar-refractivity contribution in [2.24, 2.45) is 0 Å². The quantitative estimate of drug-likeness (QED) is 0.778. The molecule has 1 aliphatic rings. The van der Waals surface area contributed by atoms with Gasteiger partial charge in [0.05, 0.1) is 17.9 Å². The molecule has 0 aromatic rings. The zero-order valence-corrected chi connectivity index (χ0v) is 10.5. The summed E-state index contributed by atoms with van der Waals surface area (Å²) in [6, 6.07) is -0.133. The molecule has 1 saturated heterocycles. The van der Waals surface area contributed by atoms with Gasteiger partial charge in [0.15, 0.2) is 9.84 Å². The first-order valence-corrected chi connectivity index (χ1v) is 7.36. The minimum absolute atomic E-state index is 0.0528. The molecule has 94 valence electrons. The lowest BCUT2D eigenvalue weighted by atomic mass is 10.1. The fraction of sp³-hybridized carbons (Fsp3) is 0.900. The molecule has 6 heteroatoms. The minimum Gasteiger partial charge on any atom is -0.481 e. The van der Waals surface area contributed by atoms with Crippen LogP contribution in [0.25, 0.3) is 0 Å². The van der Waals surface area contributed by atoms with Gasteiger partial charge in [0.25, 0.3) is 0 Å². The van der Waals surface area contributed by atoms with Gasteiger partial charge in [-0.3, -0.25) is 9.69 Å². The third kappa shape index (κ3) is 3.45. The highest BCUT2D eigenvalue weighted by molar-refractivity contribution is 7.91. The van der Waals surface area contributed by atoms with E-state index in [1.54, 1.807) is 0 Å². The molecule has 1 fully saturated rings. The average molecular weight is 249 g/mol. The minimum atomic E-state index is -2.92. The predicted molar refractivity (Wildman–Crippen MR) is 61.2 cm³/mol. The number of aliphatic carboxylic acids is 1. The molecule has 0 aromatic heterocycles. The van der Waals surface area contributed by atoms with E-state index in [2.05, 4.69) is 0 Å². The molecule has 1 N–H and O–H groups in total. The Hall–Kier alpha value is -0.620. The van der Waals surface area contributed by atoms with Crippen molar-refractivity contribution >= 4 is 15.8 Å². The van der Waals surface area contributed by atoms with Crippen LogP contribution in [-0.2, 0) is 14.6 Å². The Kier molecular flexibility index (Phi) is 4.32. The summed E-state index contributed by atoms with van der Waals surface area (Å²) in [5, 5.41) is 8.79. The van der Waals surface area contributed by atoms with Gasteiger partial charge in [-0.05, 0) is 13.3 Å². The van der Waals surface area contributed by atoms with Gasteiger partial charge in [0, 0.05) is 18.6 Å². The summed E-state index contributed by atoms with van der Waals surface area (Å²) < 4.78 is 22.8. The summed E-state index contributed by atoms with van der Waals surface area (Å²) in [6.45, 7) is 4.24. The highest BCUT2D eigenvalue weighted by Gasteiger charge is 2.32. The molecule has 16 heavy (non-hydrogen) atoms. The first-order valence-electron chi connectivity index (χ1n) is 5.53. The van der Waals surface area contributed by atoms with Gasteiger partial charge < -0.3 is 5.11 Å². The van der Waals surface area contributed by atoms with E-state index < -0.39 is 15.8 Å². The molecule has 2 atom stereocenters. The van der Waals surface area contributed by atoms with Crippen molar-refractivity contribution in [2.75, 3.05) is 18.1 Å². The Morgan fingerprint density at radius 1 is 1.56 bits per heavy atom. The monoisotopic (exact) mass is 249 g/mol. The number of hydrogen-bond donors (Lipinski definition) is 1. The number of carboxylic acids is 1. The molecule has 1 rings (SSSR count). The Morgan fingerprint density at radius 3 is 2.62 bits per heavy atom. The summed E-state index contributed by atoms with van der Waals surface area (Å²) in [5.41, 5.74) is 0. The van der Waals surface area contributed by atoms with E-state index in [9.17, 15) is 13.2 Å². The molecule has 0 amide bonds. The number of carboxylic acid groups (broad SMARTS) is 1. The maximum absolute atomic E-state index is 11.4. The summed E-state index contributed by atoms with van der Waals surface area (Å²) in [4.78, 5) is 12.7. The molecule has 1 heterocycles. The van der Waals surface area contributed by atoms with Gasteiger partial charge in [0.2, 0.25) is 0 Å². The van der Waals surface area contributed by atoms with E-state index in [0.717, 1.165) is 6.42 Å². The molecule has 0 saturated carbocycles. The summed E-state index contributed by atoms with van der Waals surface area (Å²) in [6.07, 6.45) is 0.817. The average Bonchev–Trinajstić information content (AvgIpc) is 2.13. The lowest BCUT2D eigenvalue weighted by Gasteiger charge is -2.38. The highest BCUT2D eigenvalue weighted by atomic mass is 32.2. The Bertz CT molecular complexity index is 352. The molecule has 0 radical (unpaired) electrons. The van der Waals surface area contributed by atoms with Crippen LogP contribution in [-0.4, -0.2) is 54.5 Å². The van der Waals surface area contributed by atoms with Crippen LogP contribution >= 0.6 is 0 Å². The van der Waals surface area contributed by atoms with E-state index in [1.165, 1.54) is 0 Å². The molecule has 0 aromatic carbocycles. The van der Waals surface area contributed by atoms with Crippen molar-refractivity contribution in [3.8, 4) is 0 Å². The Balaban J connectivity index is 2.69. The van der Waals surface area contributed by atoms with Gasteiger partial charge in [-0.2, -0.15) is 0 Å². The standard InChI is InChI=1S/C10H19NO4S/c1-3-9(6-10(12)13)11-4-5-16(14,15)7-8(11)2/h8-9H,3-7H2,1-2H3,(H,12,13). The zero-order chi connectivity index (χ0) is 12.3. The fourth-order valence-electron chi connectivity index (χ4n) is 2.25. The summed E-state index contributed by atoms with van der Waals surface area (Å²) in [7, 11) is -2.92. The third-order valence-electron chi connectivity index (χ3n) is 3.07. The predicted octanol–water partition coefficient (Wildman–Crippen LogP) is 0.359. The topological polar surface area (TPSA) is 74.7 Å². The van der Waals surface area contributed by atoms with Gasteiger partial charge in [0.1, 0.15) is 0 Å². The number of nitrogens with zero attached hydrogens (tertiary/aromatic N) is 1. The smallest absolute Gasteiger partial charge is 0.304 e. The largest absolute Gasteiger partial charge is 0.481 e. The number of sulfone groups is 1. The van der Waals surface area contributed by atoms with E-state index in [1.807, 2.05) is 18.7 Å². The maximum Gasteiger partial charge on any atom is 0.304 e. The van der Waals surface area contributed by atoms with Crippen LogP contribution in [0.1, 0.15) is 26.7 Å². The van der Waals surface area contributed by atoms with E-state index in [-0.39, 0.29) is 30.0 Å². The highest BCUT2D eigenvalue weighted by Crippen LogP contribution is 2.18. The van der Waals surface area contributed by atoms with Crippen LogP contribution in [0.2, 0.25) is 0 Å². The normalized spacial score (nSPS) is 27.5. The van der Waals surface area contributed by atoms with Gasteiger partial charge >= 0.3 is 5.97 Å². The van der Waals surface area contributed by atoms with Gasteiger partial charge in [-0.25, -0.2) is 8.42 Å². The van der Waals surface area contributed by atoms with E-state index in [0.29, 0.717) is 6.54 Å². The first-order chi connectivity index (χ1) is 7.35. The van der Waals surface area contributed by atoms with Crippen LogP contribution < -0.4 is 0 Å². The number of hydrogen-bond acceptors (Lipinski definition) is 4. The van der Waals surface area contributed by atoms with Crippen molar-refractivity contribution in [3.63, 3.8) is 0 Å². The lowest BCUT2D eigenvalue weighted by Crippen LogP contribution is -2.52. The number of carbonyl (C=O) groups is 1. The first kappa shape index (κ1) is 13.4. The van der Waals surface area contributed by atoms with Gasteiger partial charge in [-0.1, -0.05) is 6.92 Å². The van der Waals surface area contributed by atoms with Crippen LogP contribution in [0.3, 0.4) is 0 Å². The lowest BCUT2D eigenvalue weighted by molar-refractivity contribution is -0.138. The molecule has 0 aliphatic carbocycles. The second-order valence-corrected chi connectivity index (χ2v) is 6.59. The van der Waals surface area contributed by atoms with Crippen molar-refractivity contribution < 1.29 is 18.3 Å². The molecule has 0 spiro atoms. The summed E-state index contributed by atoms with van der Waals surface area (Å²) in [5.74, 6) is -0.538. The van der Waals surface area contributed by atoms with Crippen molar-refractivity contribution in [2.45, 2.75) is 38.8 Å². The molecule has 1 aliphatic heterocycles. The van der Waals surface area contributed by atoms with E-state index in [4.69, 9.17) is 5.11 Å². The SMILES string of the molecule is CCC(CC(=O)O)N1CCS(=O)(=O)CC1C. The second-order valence-electron chi connectivity index (χ2n) is 4.36. The Labute approximate surface area is 96.4 Å². The second kappa shape index (κ2) is 5.14. The van der Waals surface area contributed by atoms with Crippen molar-refractivity contribution in [3.05, 3.63) is 0 Å².